The van der Waals surface area contributed by atoms with E-state index in [1.807, 2.05) is 12.4 Å². The summed E-state index contributed by atoms with van der Waals surface area (Å²) in [4.78, 5) is 4.40. The van der Waals surface area contributed by atoms with Crippen LogP contribution in [-0.4, -0.2) is 4.98 Å². The Balaban J connectivity index is 1.74. The molecule has 0 saturated heterocycles. The Morgan fingerprint density at radius 2 is 1.25 bits per heavy atom. The van der Waals surface area contributed by atoms with E-state index >= 15 is 0 Å². The van der Waals surface area contributed by atoms with Crippen LogP contribution in [0.2, 0.25) is 0 Å². The fraction of sp³-hybridized carbons (Fsp3) is 0.0741. The summed E-state index contributed by atoms with van der Waals surface area (Å²) >= 11 is 0. The van der Waals surface area contributed by atoms with Crippen LogP contribution in [0.3, 0.4) is 0 Å². The molecule has 1 nitrogen and oxygen atoms in total. The van der Waals surface area contributed by atoms with Crippen LogP contribution in [0.1, 0.15) is 34.1 Å². The third-order valence-electron chi connectivity index (χ3n) is 6.16. The van der Waals surface area contributed by atoms with E-state index in [0.717, 1.165) is 0 Å². The molecule has 6 rings (SSSR count). The van der Waals surface area contributed by atoms with E-state index in [4.69, 9.17) is 0 Å². The number of aromatic nitrogens is 1. The van der Waals surface area contributed by atoms with Gasteiger partial charge in [-0.2, -0.15) is 0 Å². The fourth-order valence-corrected chi connectivity index (χ4v) is 5.04. The van der Waals surface area contributed by atoms with E-state index in [0.29, 0.717) is 11.8 Å². The lowest BCUT2D eigenvalue weighted by Gasteiger charge is -2.23. The van der Waals surface area contributed by atoms with Gasteiger partial charge < -0.3 is 0 Å². The molecule has 0 fully saturated rings. The highest BCUT2D eigenvalue weighted by molar-refractivity contribution is 6.11. The molecule has 1 heterocycles. The molecule has 0 amide bonds. The highest BCUT2D eigenvalue weighted by Gasteiger charge is 2.36. The molecule has 2 unspecified atom stereocenters. The van der Waals surface area contributed by atoms with Gasteiger partial charge >= 0.3 is 0 Å². The Kier molecular flexibility index (Phi) is 3.36. The summed E-state index contributed by atoms with van der Waals surface area (Å²) in [5, 5.41) is 5.23. The van der Waals surface area contributed by atoms with Crippen molar-refractivity contribution in [1.29, 1.82) is 0 Å². The molecule has 1 heteroatoms. The second kappa shape index (κ2) is 6.03. The molecule has 0 bridgehead atoms. The predicted octanol–water partition coefficient (Wildman–Crippen LogP) is 6.67. The average Bonchev–Trinajstić information content (AvgIpc) is 3.10. The Morgan fingerprint density at radius 3 is 1.96 bits per heavy atom. The van der Waals surface area contributed by atoms with Crippen molar-refractivity contribution >= 4 is 21.5 Å². The monoisotopic (exact) mass is 357 g/mol. The van der Waals surface area contributed by atoms with Gasteiger partial charge in [-0.05, 0) is 50.5 Å². The first-order valence-corrected chi connectivity index (χ1v) is 9.81. The standard InChI is InChI=1S/C27H19N/c1-3-8-18(9-4-1)25-22-13-7-12-21-24-17-28-15-14-20(24)16-23(27(21)22)26(25)19-10-5-2-6-11-19/h1-17,25-26H. The molecule has 0 spiro atoms. The SMILES string of the molecule is c1ccc(C2c3cccc4c3c(cc3ccncc34)C2c2ccccc2)cc1. The van der Waals surface area contributed by atoms with Crippen LogP contribution >= 0.6 is 0 Å². The molecule has 0 aliphatic heterocycles. The van der Waals surface area contributed by atoms with Crippen molar-refractivity contribution in [3.63, 3.8) is 0 Å². The first-order valence-electron chi connectivity index (χ1n) is 9.81. The topological polar surface area (TPSA) is 12.9 Å². The average molecular weight is 357 g/mol. The zero-order valence-electron chi connectivity index (χ0n) is 15.4. The van der Waals surface area contributed by atoms with Crippen molar-refractivity contribution in [2.24, 2.45) is 0 Å². The summed E-state index contributed by atoms with van der Waals surface area (Å²) in [5.41, 5.74) is 5.62. The summed E-state index contributed by atoms with van der Waals surface area (Å²) < 4.78 is 0. The minimum absolute atomic E-state index is 0.320. The first kappa shape index (κ1) is 15.6. The molecule has 28 heavy (non-hydrogen) atoms. The normalized spacial score (nSPS) is 18.0. The highest BCUT2D eigenvalue weighted by Crippen LogP contribution is 2.53. The number of nitrogens with zero attached hydrogens (tertiary/aromatic N) is 1. The lowest BCUT2D eigenvalue weighted by Crippen LogP contribution is -2.08. The number of rotatable bonds is 2. The minimum Gasteiger partial charge on any atom is -0.264 e. The van der Waals surface area contributed by atoms with Gasteiger partial charge in [-0.15, -0.1) is 0 Å². The van der Waals surface area contributed by atoms with E-state index in [1.165, 1.54) is 43.8 Å². The molecule has 0 radical (unpaired) electrons. The highest BCUT2D eigenvalue weighted by atomic mass is 14.6. The zero-order chi connectivity index (χ0) is 18.5. The van der Waals surface area contributed by atoms with E-state index < -0.39 is 0 Å². The summed E-state index contributed by atoms with van der Waals surface area (Å²) in [6.07, 6.45) is 3.90. The lowest BCUT2D eigenvalue weighted by molar-refractivity contribution is 0.729. The van der Waals surface area contributed by atoms with Gasteiger partial charge in [0.2, 0.25) is 0 Å². The molecule has 1 aliphatic carbocycles. The summed E-state index contributed by atoms with van der Waals surface area (Å²) in [6.45, 7) is 0. The van der Waals surface area contributed by atoms with Crippen molar-refractivity contribution in [3.05, 3.63) is 126 Å². The van der Waals surface area contributed by atoms with E-state index in [2.05, 4.69) is 96.0 Å². The van der Waals surface area contributed by atoms with Gasteiger partial charge in [-0.3, -0.25) is 4.98 Å². The largest absolute Gasteiger partial charge is 0.264 e. The molecular weight excluding hydrogens is 338 g/mol. The van der Waals surface area contributed by atoms with E-state index in [9.17, 15) is 0 Å². The maximum atomic E-state index is 4.40. The second-order valence-electron chi connectivity index (χ2n) is 7.61. The van der Waals surface area contributed by atoms with Crippen LogP contribution in [-0.2, 0) is 0 Å². The number of hydrogen-bond acceptors (Lipinski definition) is 1. The number of pyridine rings is 1. The predicted molar refractivity (Wildman–Crippen MR) is 116 cm³/mol. The van der Waals surface area contributed by atoms with Gasteiger partial charge in [0.25, 0.3) is 0 Å². The maximum Gasteiger partial charge on any atom is 0.0352 e. The number of benzene rings is 4. The maximum absolute atomic E-state index is 4.40. The van der Waals surface area contributed by atoms with Crippen LogP contribution in [0.15, 0.2) is 103 Å². The number of fused-ring (bicyclic) bond motifs is 2. The van der Waals surface area contributed by atoms with Crippen molar-refractivity contribution in [2.45, 2.75) is 11.8 Å². The molecule has 0 saturated carbocycles. The quantitative estimate of drug-likeness (QED) is 0.322. The zero-order valence-corrected chi connectivity index (χ0v) is 15.4. The van der Waals surface area contributed by atoms with Crippen LogP contribution in [0.25, 0.3) is 21.5 Å². The van der Waals surface area contributed by atoms with Crippen LogP contribution < -0.4 is 0 Å². The molecular formula is C27H19N. The van der Waals surface area contributed by atoms with Gasteiger partial charge in [0.15, 0.2) is 0 Å². The smallest absolute Gasteiger partial charge is 0.0352 e. The van der Waals surface area contributed by atoms with Crippen LogP contribution in [0.4, 0.5) is 0 Å². The van der Waals surface area contributed by atoms with Gasteiger partial charge in [-0.1, -0.05) is 78.9 Å². The van der Waals surface area contributed by atoms with Crippen molar-refractivity contribution in [2.75, 3.05) is 0 Å². The molecule has 132 valence electrons. The van der Waals surface area contributed by atoms with Gasteiger partial charge in [0, 0.05) is 29.6 Å². The van der Waals surface area contributed by atoms with Crippen LogP contribution in [0.5, 0.6) is 0 Å². The fourth-order valence-electron chi connectivity index (χ4n) is 5.04. The Hall–Kier alpha value is -3.45. The summed E-state index contributed by atoms with van der Waals surface area (Å²) in [7, 11) is 0. The molecule has 0 N–H and O–H groups in total. The Labute approximate surface area is 164 Å². The summed E-state index contributed by atoms with van der Waals surface area (Å²) in [5.74, 6) is 0.646. The van der Waals surface area contributed by atoms with Crippen LogP contribution in [0, 0.1) is 0 Å². The molecule has 1 aromatic heterocycles. The van der Waals surface area contributed by atoms with Crippen molar-refractivity contribution in [3.8, 4) is 0 Å². The molecule has 2 atom stereocenters. The molecule has 5 aromatic rings. The third-order valence-corrected chi connectivity index (χ3v) is 6.16. The Morgan fingerprint density at radius 1 is 0.571 bits per heavy atom. The number of hydrogen-bond donors (Lipinski definition) is 0. The molecule has 1 aliphatic rings. The van der Waals surface area contributed by atoms with Crippen molar-refractivity contribution < 1.29 is 0 Å². The van der Waals surface area contributed by atoms with E-state index in [1.54, 1.807) is 0 Å². The van der Waals surface area contributed by atoms with Crippen molar-refractivity contribution in [1.82, 2.24) is 4.98 Å². The van der Waals surface area contributed by atoms with E-state index in [-0.39, 0.29) is 0 Å². The third kappa shape index (κ3) is 2.16. The van der Waals surface area contributed by atoms with Gasteiger partial charge in [-0.25, -0.2) is 0 Å². The lowest BCUT2D eigenvalue weighted by atomic mass is 9.80. The summed E-state index contributed by atoms with van der Waals surface area (Å²) in [6, 6.07) is 33.2. The first-order chi connectivity index (χ1) is 13.9. The Bertz CT molecular complexity index is 1310. The second-order valence-corrected chi connectivity index (χ2v) is 7.61. The van der Waals surface area contributed by atoms with Gasteiger partial charge in [0.05, 0.1) is 0 Å². The minimum atomic E-state index is 0.320. The van der Waals surface area contributed by atoms with Gasteiger partial charge in [0.1, 0.15) is 0 Å². The molecule has 4 aromatic carbocycles.